The van der Waals surface area contributed by atoms with Crippen molar-refractivity contribution in [2.75, 3.05) is 18.8 Å². The molecule has 5 N–H and O–H groups in total. The molecule has 17 heavy (non-hydrogen) atoms. The number of carbonyl (C=O) groups is 1. The third-order valence-corrected chi connectivity index (χ3v) is 3.34. The molecule has 0 aliphatic rings. The Morgan fingerprint density at radius 1 is 1.41 bits per heavy atom. The van der Waals surface area contributed by atoms with Gasteiger partial charge in [-0.25, -0.2) is 9.97 Å². The molecule has 6 nitrogen and oxygen atoms in total. The van der Waals surface area contributed by atoms with Crippen molar-refractivity contribution in [1.29, 1.82) is 0 Å². The number of fused-ring (bicyclic) bond motifs is 1. The van der Waals surface area contributed by atoms with Crippen molar-refractivity contribution < 1.29 is 4.79 Å². The number of carbonyl (C=O) groups excluding carboxylic acids is 1. The Hall–Kier alpha value is -1.73. The molecule has 2 heterocycles. The van der Waals surface area contributed by atoms with E-state index in [4.69, 9.17) is 11.5 Å². The molecule has 0 radical (unpaired) electrons. The highest BCUT2D eigenvalue weighted by molar-refractivity contribution is 7.21. The lowest BCUT2D eigenvalue weighted by atomic mass is 10.3. The van der Waals surface area contributed by atoms with Gasteiger partial charge >= 0.3 is 0 Å². The normalized spacial score (nSPS) is 10.6. The number of nitrogens with zero attached hydrogens (tertiary/aromatic N) is 2. The van der Waals surface area contributed by atoms with Crippen molar-refractivity contribution in [3.05, 3.63) is 17.3 Å². The smallest absolute Gasteiger partial charge is 0.263 e. The van der Waals surface area contributed by atoms with Crippen LogP contribution in [0.15, 0.2) is 12.4 Å². The molecule has 0 bridgehead atoms. The van der Waals surface area contributed by atoms with Crippen molar-refractivity contribution >= 4 is 33.3 Å². The highest BCUT2D eigenvalue weighted by Crippen LogP contribution is 2.30. The summed E-state index contributed by atoms with van der Waals surface area (Å²) in [6.07, 6.45) is 3.88. The Kier molecular flexibility index (Phi) is 3.50. The van der Waals surface area contributed by atoms with E-state index >= 15 is 0 Å². The molecule has 0 aliphatic heterocycles. The van der Waals surface area contributed by atoms with Gasteiger partial charge in [-0.1, -0.05) is 0 Å². The number of nitrogen functional groups attached to an aromatic ring is 1. The summed E-state index contributed by atoms with van der Waals surface area (Å²) in [6.45, 7) is 1.09. The lowest BCUT2D eigenvalue weighted by molar-refractivity contribution is 0.0958. The Morgan fingerprint density at radius 3 is 2.88 bits per heavy atom. The van der Waals surface area contributed by atoms with Gasteiger partial charge < -0.3 is 16.8 Å². The van der Waals surface area contributed by atoms with Gasteiger partial charge in [0.15, 0.2) is 0 Å². The van der Waals surface area contributed by atoms with Gasteiger partial charge in [0.05, 0.1) is 5.69 Å². The van der Waals surface area contributed by atoms with Crippen LogP contribution in [0.3, 0.4) is 0 Å². The zero-order valence-corrected chi connectivity index (χ0v) is 9.96. The Balaban J connectivity index is 2.23. The van der Waals surface area contributed by atoms with Crippen LogP contribution >= 0.6 is 11.3 Å². The molecule has 1 amide bonds. The second-order valence-corrected chi connectivity index (χ2v) is 4.45. The highest BCUT2D eigenvalue weighted by atomic mass is 32.1. The van der Waals surface area contributed by atoms with Crippen LogP contribution in [0.5, 0.6) is 0 Å². The van der Waals surface area contributed by atoms with Gasteiger partial charge in [-0.05, 0) is 13.0 Å². The number of hydrogen-bond donors (Lipinski definition) is 3. The molecule has 0 spiro atoms. The Labute approximate surface area is 102 Å². The second kappa shape index (κ2) is 5.07. The van der Waals surface area contributed by atoms with Crippen LogP contribution in [0.4, 0.5) is 5.69 Å². The number of aromatic nitrogens is 2. The fourth-order valence-corrected chi connectivity index (χ4v) is 2.33. The van der Waals surface area contributed by atoms with Crippen molar-refractivity contribution in [3.63, 3.8) is 0 Å². The topological polar surface area (TPSA) is 107 Å². The Bertz CT molecular complexity index is 538. The highest BCUT2D eigenvalue weighted by Gasteiger charge is 2.17. The maximum Gasteiger partial charge on any atom is 0.263 e. The summed E-state index contributed by atoms with van der Waals surface area (Å²) in [6, 6.07) is 0. The lowest BCUT2D eigenvalue weighted by Gasteiger charge is -2.02. The van der Waals surface area contributed by atoms with E-state index in [0.29, 0.717) is 34.0 Å². The van der Waals surface area contributed by atoms with Crippen molar-refractivity contribution in [2.24, 2.45) is 5.73 Å². The first kappa shape index (κ1) is 11.7. The summed E-state index contributed by atoms with van der Waals surface area (Å²) in [5.74, 6) is -0.194. The standard InChI is InChI=1S/C10H13N5OS/c11-2-1-3-14-9(16)8-6(12)7-10(17-8)15-5-4-13-7/h4-5H,1-3,11-12H2,(H,14,16). The number of thiophene rings is 1. The van der Waals surface area contributed by atoms with E-state index in [1.165, 1.54) is 11.3 Å². The van der Waals surface area contributed by atoms with Gasteiger partial charge in [0, 0.05) is 18.9 Å². The number of nitrogens with two attached hydrogens (primary N) is 2. The number of rotatable bonds is 4. The van der Waals surface area contributed by atoms with Gasteiger partial charge in [-0.3, -0.25) is 4.79 Å². The first-order chi connectivity index (χ1) is 8.24. The second-order valence-electron chi connectivity index (χ2n) is 3.45. The number of anilines is 1. The molecular weight excluding hydrogens is 238 g/mol. The molecule has 90 valence electrons. The minimum atomic E-state index is -0.194. The monoisotopic (exact) mass is 251 g/mol. The third-order valence-electron chi connectivity index (χ3n) is 2.24. The predicted octanol–water partition coefficient (Wildman–Crippen LogP) is 0.352. The van der Waals surface area contributed by atoms with Gasteiger partial charge in [-0.15, -0.1) is 11.3 Å². The minimum absolute atomic E-state index is 0.194. The van der Waals surface area contributed by atoms with E-state index in [-0.39, 0.29) is 5.91 Å². The number of amides is 1. The third kappa shape index (κ3) is 2.34. The molecule has 0 aliphatic carbocycles. The molecule has 0 saturated carbocycles. The fourth-order valence-electron chi connectivity index (χ4n) is 1.40. The van der Waals surface area contributed by atoms with Gasteiger partial charge in [-0.2, -0.15) is 0 Å². The lowest BCUT2D eigenvalue weighted by Crippen LogP contribution is -2.25. The molecule has 0 unspecified atom stereocenters. The fraction of sp³-hybridized carbons (Fsp3) is 0.300. The summed E-state index contributed by atoms with van der Waals surface area (Å²) in [5.41, 5.74) is 12.2. The average Bonchev–Trinajstić information content (AvgIpc) is 2.68. The number of nitrogens with one attached hydrogen (secondary N) is 1. The van der Waals surface area contributed by atoms with E-state index in [2.05, 4.69) is 15.3 Å². The quantitative estimate of drug-likeness (QED) is 0.680. The first-order valence-corrected chi connectivity index (χ1v) is 6.03. The molecule has 0 aromatic carbocycles. The van der Waals surface area contributed by atoms with Crippen LogP contribution in [0.1, 0.15) is 16.1 Å². The zero-order valence-electron chi connectivity index (χ0n) is 9.14. The molecule has 2 aromatic rings. The van der Waals surface area contributed by atoms with Crippen molar-refractivity contribution in [2.45, 2.75) is 6.42 Å². The predicted molar refractivity (Wildman–Crippen MR) is 67.8 cm³/mol. The van der Waals surface area contributed by atoms with Gasteiger partial charge in [0.2, 0.25) is 0 Å². The summed E-state index contributed by atoms with van der Waals surface area (Å²) in [5, 5.41) is 2.76. The van der Waals surface area contributed by atoms with Crippen LogP contribution in [-0.4, -0.2) is 29.0 Å². The molecule has 0 fully saturated rings. The van der Waals surface area contributed by atoms with Crippen molar-refractivity contribution in [3.8, 4) is 0 Å². The molecule has 2 rings (SSSR count). The SMILES string of the molecule is NCCCNC(=O)c1sc2nccnc2c1N. The largest absolute Gasteiger partial charge is 0.396 e. The van der Waals surface area contributed by atoms with E-state index in [9.17, 15) is 4.79 Å². The summed E-state index contributed by atoms with van der Waals surface area (Å²) in [7, 11) is 0. The van der Waals surface area contributed by atoms with Crippen LogP contribution in [0.25, 0.3) is 10.3 Å². The van der Waals surface area contributed by atoms with Crippen LogP contribution in [0.2, 0.25) is 0 Å². The zero-order chi connectivity index (χ0) is 12.3. The van der Waals surface area contributed by atoms with Gasteiger partial charge in [0.25, 0.3) is 5.91 Å². The summed E-state index contributed by atoms with van der Waals surface area (Å²) < 4.78 is 0. The summed E-state index contributed by atoms with van der Waals surface area (Å²) >= 11 is 1.25. The molecule has 0 saturated heterocycles. The molecule has 7 heteroatoms. The maximum absolute atomic E-state index is 11.8. The van der Waals surface area contributed by atoms with Crippen LogP contribution in [-0.2, 0) is 0 Å². The van der Waals surface area contributed by atoms with E-state index in [0.717, 1.165) is 6.42 Å². The molecular formula is C10H13N5OS. The van der Waals surface area contributed by atoms with E-state index in [1.807, 2.05) is 0 Å². The first-order valence-electron chi connectivity index (χ1n) is 5.21. The maximum atomic E-state index is 11.8. The van der Waals surface area contributed by atoms with Crippen LogP contribution in [0, 0.1) is 0 Å². The van der Waals surface area contributed by atoms with Gasteiger partial charge in [0.1, 0.15) is 15.2 Å². The Morgan fingerprint density at radius 2 is 2.18 bits per heavy atom. The van der Waals surface area contributed by atoms with E-state index in [1.54, 1.807) is 12.4 Å². The van der Waals surface area contributed by atoms with Crippen LogP contribution < -0.4 is 16.8 Å². The summed E-state index contributed by atoms with van der Waals surface area (Å²) in [4.78, 5) is 21.2. The number of hydrogen-bond acceptors (Lipinski definition) is 6. The molecule has 0 atom stereocenters. The van der Waals surface area contributed by atoms with Crippen molar-refractivity contribution in [1.82, 2.24) is 15.3 Å². The molecule has 2 aromatic heterocycles. The average molecular weight is 251 g/mol. The minimum Gasteiger partial charge on any atom is -0.396 e. The van der Waals surface area contributed by atoms with E-state index < -0.39 is 0 Å².